The van der Waals surface area contributed by atoms with Crippen LogP contribution in [0, 0.1) is 11.8 Å². The average Bonchev–Trinajstić information content (AvgIpc) is 2.71. The lowest BCUT2D eigenvalue weighted by Gasteiger charge is -2.27. The van der Waals surface area contributed by atoms with Gasteiger partial charge in [0.2, 0.25) is 0 Å². The zero-order chi connectivity index (χ0) is 12.7. The van der Waals surface area contributed by atoms with Crippen LogP contribution in [-0.2, 0) is 14.3 Å². The molecule has 0 N–H and O–H groups in total. The van der Waals surface area contributed by atoms with E-state index >= 15 is 0 Å². The predicted octanol–water partition coefficient (Wildman–Crippen LogP) is 2.58. The van der Waals surface area contributed by atoms with Gasteiger partial charge in [0.05, 0.1) is 27.3 Å². The number of allylic oxidation sites excluding steroid dienone is 2. The fourth-order valence-electron chi connectivity index (χ4n) is 2.78. The topological polar surface area (TPSA) is 43.4 Å². The minimum Gasteiger partial charge on any atom is -0.393 e. The number of carbonyl (C=O) groups excluding carboxylic acids is 2. The third-order valence-electron chi connectivity index (χ3n) is 3.55. The van der Waals surface area contributed by atoms with Crippen LogP contribution in [0.25, 0.3) is 0 Å². The van der Waals surface area contributed by atoms with E-state index in [1.165, 1.54) is 0 Å². The van der Waals surface area contributed by atoms with Crippen LogP contribution >= 0.6 is 58.0 Å². The summed E-state index contributed by atoms with van der Waals surface area (Å²) in [6.45, 7) is 0. The van der Waals surface area contributed by atoms with Gasteiger partial charge in [-0.15, -0.1) is 34.8 Å². The third kappa shape index (κ3) is 1.06. The summed E-state index contributed by atoms with van der Waals surface area (Å²) in [4.78, 5) is 20.3. The minimum atomic E-state index is -1.46. The number of ether oxygens (including phenoxy) is 1. The molecule has 3 rings (SSSR count). The van der Waals surface area contributed by atoms with E-state index < -0.39 is 38.9 Å². The molecule has 92 valence electrons. The van der Waals surface area contributed by atoms with Gasteiger partial charge < -0.3 is 4.74 Å². The maximum absolute atomic E-state index is 11.6. The first-order valence-electron chi connectivity index (χ1n) is 4.61. The number of halogens is 5. The molecule has 3 nitrogen and oxygen atoms in total. The molecular formula is C9H3Cl5O3. The lowest BCUT2D eigenvalue weighted by molar-refractivity contribution is -0.154. The minimum absolute atomic E-state index is 0.0173. The van der Waals surface area contributed by atoms with E-state index in [9.17, 15) is 9.59 Å². The van der Waals surface area contributed by atoms with Crippen LogP contribution in [0.3, 0.4) is 0 Å². The molecule has 17 heavy (non-hydrogen) atoms. The van der Waals surface area contributed by atoms with Gasteiger partial charge in [-0.1, -0.05) is 23.2 Å². The predicted molar refractivity (Wildman–Crippen MR) is 63.6 cm³/mol. The first-order chi connectivity index (χ1) is 7.77. The summed E-state index contributed by atoms with van der Waals surface area (Å²) < 4.78 is 4.54. The molecule has 1 aliphatic heterocycles. The summed E-state index contributed by atoms with van der Waals surface area (Å²) in [7, 11) is 0. The Bertz CT molecular complexity index is 461. The zero-order valence-electron chi connectivity index (χ0n) is 7.85. The summed E-state index contributed by atoms with van der Waals surface area (Å²) in [5.41, 5.74) is 0. The van der Waals surface area contributed by atoms with E-state index in [4.69, 9.17) is 58.0 Å². The van der Waals surface area contributed by atoms with Crippen molar-refractivity contribution in [2.24, 2.45) is 11.8 Å². The molecule has 1 saturated carbocycles. The lowest BCUT2D eigenvalue weighted by atomic mass is 9.84. The van der Waals surface area contributed by atoms with Gasteiger partial charge in [0.15, 0.2) is 0 Å². The van der Waals surface area contributed by atoms with Crippen molar-refractivity contribution < 1.29 is 14.3 Å². The highest BCUT2D eigenvalue weighted by molar-refractivity contribution is 6.56. The number of carbonyl (C=O) groups is 2. The summed E-state index contributed by atoms with van der Waals surface area (Å²) in [6.07, 6.45) is 0. The van der Waals surface area contributed by atoms with Crippen LogP contribution in [0.15, 0.2) is 10.1 Å². The highest BCUT2D eigenvalue weighted by atomic mass is 35.5. The molecule has 1 unspecified atom stereocenters. The van der Waals surface area contributed by atoms with Gasteiger partial charge in [-0.2, -0.15) is 0 Å². The van der Waals surface area contributed by atoms with Crippen molar-refractivity contribution in [3.05, 3.63) is 10.1 Å². The van der Waals surface area contributed by atoms with E-state index in [1.54, 1.807) is 0 Å². The molecule has 0 aromatic carbocycles. The first-order valence-corrected chi connectivity index (χ1v) is 6.55. The van der Waals surface area contributed by atoms with E-state index in [-0.39, 0.29) is 10.1 Å². The molecule has 2 bridgehead atoms. The molecule has 8 heteroatoms. The molecule has 0 radical (unpaired) electrons. The molecule has 1 saturated heterocycles. The number of esters is 2. The molecule has 0 amide bonds. The molecular weight excluding hydrogens is 333 g/mol. The quantitative estimate of drug-likeness (QED) is 0.388. The Kier molecular flexibility index (Phi) is 2.37. The summed E-state index contributed by atoms with van der Waals surface area (Å²) in [5.74, 6) is -3.48. The largest absolute Gasteiger partial charge is 0.393 e. The van der Waals surface area contributed by atoms with Gasteiger partial charge >= 0.3 is 11.9 Å². The summed E-state index contributed by atoms with van der Waals surface area (Å²) in [6, 6.07) is 0. The molecule has 3 aliphatic rings. The molecule has 2 fully saturated rings. The van der Waals surface area contributed by atoms with Gasteiger partial charge in [0, 0.05) is 0 Å². The second kappa shape index (κ2) is 3.26. The molecule has 5 atom stereocenters. The highest BCUT2D eigenvalue weighted by Gasteiger charge is 2.81. The van der Waals surface area contributed by atoms with Gasteiger partial charge in [0.1, 0.15) is 9.75 Å². The van der Waals surface area contributed by atoms with Crippen LogP contribution in [-0.4, -0.2) is 27.1 Å². The zero-order valence-corrected chi connectivity index (χ0v) is 11.6. The SMILES string of the molecule is O=C1OC(=O)[C@H]2[C@@H]1[C@]1(Cl)C(Cl)=C(Cl)[C@@]2(Cl)C1Cl. The maximum Gasteiger partial charge on any atom is 0.319 e. The molecule has 1 heterocycles. The number of alkyl halides is 3. The average molecular weight is 336 g/mol. The fraction of sp³-hybridized carbons (Fsp3) is 0.556. The summed E-state index contributed by atoms with van der Waals surface area (Å²) in [5, 5.41) is -0.905. The van der Waals surface area contributed by atoms with Crippen LogP contribution < -0.4 is 0 Å². The van der Waals surface area contributed by atoms with Crippen LogP contribution in [0.5, 0.6) is 0 Å². The van der Waals surface area contributed by atoms with Crippen molar-refractivity contribution in [1.82, 2.24) is 0 Å². The Morgan fingerprint density at radius 3 is 1.65 bits per heavy atom. The van der Waals surface area contributed by atoms with Crippen molar-refractivity contribution in [3.8, 4) is 0 Å². The normalized spacial score (nSPS) is 52.2. The monoisotopic (exact) mass is 334 g/mol. The molecule has 0 spiro atoms. The molecule has 2 aliphatic carbocycles. The lowest BCUT2D eigenvalue weighted by Crippen LogP contribution is -2.38. The van der Waals surface area contributed by atoms with Crippen LogP contribution in [0.1, 0.15) is 0 Å². The smallest absolute Gasteiger partial charge is 0.319 e. The van der Waals surface area contributed by atoms with Gasteiger partial charge in [-0.05, 0) is 0 Å². The standard InChI is InChI=1S/C9H3Cl5O3/c10-3-4(11)9(14)2-1(5(15)17-6(2)16)8(3,13)7(9)12/h1-2,7H/t1-,2+,7?,8-,9+. The number of hydrogen-bond acceptors (Lipinski definition) is 3. The first kappa shape index (κ1) is 12.4. The van der Waals surface area contributed by atoms with Gasteiger partial charge in [-0.3, -0.25) is 9.59 Å². The Hall–Kier alpha value is 0.330. The summed E-state index contributed by atoms with van der Waals surface area (Å²) >= 11 is 30.7. The van der Waals surface area contributed by atoms with Crippen molar-refractivity contribution in [1.29, 1.82) is 0 Å². The highest BCUT2D eigenvalue weighted by Crippen LogP contribution is 2.71. The van der Waals surface area contributed by atoms with E-state index in [0.717, 1.165) is 0 Å². The fourth-order valence-corrected chi connectivity index (χ4v) is 5.26. The van der Waals surface area contributed by atoms with E-state index in [2.05, 4.69) is 4.74 Å². The van der Waals surface area contributed by atoms with Gasteiger partial charge in [-0.25, -0.2) is 0 Å². The Balaban J connectivity index is 2.30. The number of rotatable bonds is 0. The van der Waals surface area contributed by atoms with E-state index in [1.807, 2.05) is 0 Å². The maximum atomic E-state index is 11.6. The van der Waals surface area contributed by atoms with Crippen molar-refractivity contribution in [2.45, 2.75) is 15.1 Å². The van der Waals surface area contributed by atoms with Crippen LogP contribution in [0.2, 0.25) is 0 Å². The Morgan fingerprint density at radius 2 is 1.29 bits per heavy atom. The second-order valence-electron chi connectivity index (χ2n) is 4.22. The number of hydrogen-bond donors (Lipinski definition) is 0. The molecule has 0 aromatic heterocycles. The van der Waals surface area contributed by atoms with Crippen molar-refractivity contribution >= 4 is 69.9 Å². The van der Waals surface area contributed by atoms with Gasteiger partial charge in [0.25, 0.3) is 0 Å². The molecule has 0 aromatic rings. The number of fused-ring (bicyclic) bond motifs is 5. The van der Waals surface area contributed by atoms with Crippen LogP contribution in [0.4, 0.5) is 0 Å². The number of cyclic esters (lactones) is 2. The van der Waals surface area contributed by atoms with Crippen molar-refractivity contribution in [2.75, 3.05) is 0 Å². The second-order valence-corrected chi connectivity index (χ2v) is 6.67. The third-order valence-corrected chi connectivity index (χ3v) is 7.04. The van der Waals surface area contributed by atoms with E-state index in [0.29, 0.717) is 0 Å². The Morgan fingerprint density at radius 1 is 0.941 bits per heavy atom. The Labute approximate surface area is 121 Å². The van der Waals surface area contributed by atoms with Crippen molar-refractivity contribution in [3.63, 3.8) is 0 Å².